The topological polar surface area (TPSA) is 41.1 Å². The van der Waals surface area contributed by atoms with Gasteiger partial charge in [0.15, 0.2) is 0 Å². The number of nitrogens with one attached hydrogen (secondary N) is 2. The van der Waals surface area contributed by atoms with Crippen molar-refractivity contribution in [2.45, 2.75) is 39.7 Å². The van der Waals surface area contributed by atoms with Gasteiger partial charge in [-0.15, -0.1) is 0 Å². The Bertz CT molecular complexity index is 787. The largest absolute Gasteiger partial charge is 0.287 e. The normalized spacial score (nSPS) is 18.8. The molecular formula is C20H24N2O. The first-order chi connectivity index (χ1) is 10.9. The van der Waals surface area contributed by atoms with Crippen LogP contribution in [0.3, 0.4) is 0 Å². The van der Waals surface area contributed by atoms with Crippen LogP contribution in [0.2, 0.25) is 0 Å². The number of fused-ring (bicyclic) bond motifs is 1. The molecule has 0 aliphatic carbocycles. The quantitative estimate of drug-likeness (QED) is 0.846. The third kappa shape index (κ3) is 3.15. The van der Waals surface area contributed by atoms with E-state index in [9.17, 15) is 4.79 Å². The van der Waals surface area contributed by atoms with Crippen molar-refractivity contribution in [1.82, 2.24) is 10.9 Å². The molecule has 1 aliphatic rings. The maximum absolute atomic E-state index is 12.1. The second kappa shape index (κ2) is 5.82. The van der Waals surface area contributed by atoms with Crippen LogP contribution in [0.1, 0.15) is 38.8 Å². The molecule has 0 radical (unpaired) electrons. The molecule has 0 aromatic heterocycles. The van der Waals surface area contributed by atoms with Crippen LogP contribution in [0, 0.1) is 5.92 Å². The number of amides is 1. The minimum absolute atomic E-state index is 0.0524. The molecule has 0 unspecified atom stereocenters. The van der Waals surface area contributed by atoms with Gasteiger partial charge in [-0.25, -0.2) is 5.43 Å². The van der Waals surface area contributed by atoms with Gasteiger partial charge in [0.05, 0.1) is 5.54 Å². The van der Waals surface area contributed by atoms with Crippen LogP contribution in [0.4, 0.5) is 0 Å². The number of hydrogen-bond acceptors (Lipinski definition) is 2. The summed E-state index contributed by atoms with van der Waals surface area (Å²) in [5, 5.41) is 2.41. The summed E-state index contributed by atoms with van der Waals surface area (Å²) in [6.45, 7) is 8.48. The Morgan fingerprint density at radius 3 is 2.61 bits per heavy atom. The zero-order chi connectivity index (χ0) is 16.6. The van der Waals surface area contributed by atoms with Gasteiger partial charge in [0.2, 0.25) is 0 Å². The molecule has 23 heavy (non-hydrogen) atoms. The molecule has 0 spiro atoms. The van der Waals surface area contributed by atoms with E-state index in [0.717, 1.165) is 17.6 Å². The Morgan fingerprint density at radius 1 is 1.17 bits per heavy atom. The molecule has 1 saturated heterocycles. The average Bonchev–Trinajstić information content (AvgIpc) is 2.73. The van der Waals surface area contributed by atoms with Crippen LogP contribution in [0.5, 0.6) is 0 Å². The zero-order valence-corrected chi connectivity index (χ0v) is 14.2. The molecule has 2 N–H and O–H groups in total. The van der Waals surface area contributed by atoms with Crippen molar-refractivity contribution in [1.29, 1.82) is 0 Å². The summed E-state index contributed by atoms with van der Waals surface area (Å²) in [6, 6.07) is 12.9. The molecule has 3 nitrogen and oxygen atoms in total. The molecule has 2 aromatic carbocycles. The number of benzene rings is 2. The maximum Gasteiger partial charge on any atom is 0.263 e. The fourth-order valence-electron chi connectivity index (χ4n) is 3.12. The SMILES string of the molecule is CC(C)Cc1ccc2c(/C=C3\C(=O)NNC3(C)C)cccc2c1. The Hall–Kier alpha value is -2.13. The standard InChI is InChI=1S/C20H24N2O/c1-13(2)10-14-8-9-17-15(11-14)6-5-7-16(17)12-18-19(23)21-22-20(18,3)4/h5-9,11-13,22H,10H2,1-4H3,(H,21,23)/b18-12+. The third-order valence-electron chi connectivity index (χ3n) is 4.33. The summed E-state index contributed by atoms with van der Waals surface area (Å²) in [6.07, 6.45) is 3.08. The van der Waals surface area contributed by atoms with Crippen LogP contribution in [-0.2, 0) is 11.2 Å². The molecule has 0 saturated carbocycles. The average molecular weight is 308 g/mol. The van der Waals surface area contributed by atoms with Crippen LogP contribution >= 0.6 is 0 Å². The number of rotatable bonds is 3. The van der Waals surface area contributed by atoms with Gasteiger partial charge in [0, 0.05) is 5.57 Å². The Morgan fingerprint density at radius 2 is 1.96 bits per heavy atom. The predicted molar refractivity (Wildman–Crippen MR) is 95.8 cm³/mol. The number of carbonyl (C=O) groups excluding carboxylic acids is 1. The first-order valence-corrected chi connectivity index (χ1v) is 8.18. The molecule has 0 atom stereocenters. The summed E-state index contributed by atoms with van der Waals surface area (Å²) in [7, 11) is 0. The molecule has 120 valence electrons. The van der Waals surface area contributed by atoms with Crippen molar-refractivity contribution in [2.24, 2.45) is 5.92 Å². The lowest BCUT2D eigenvalue weighted by molar-refractivity contribution is -0.116. The van der Waals surface area contributed by atoms with Gasteiger partial charge in [0.1, 0.15) is 0 Å². The van der Waals surface area contributed by atoms with Gasteiger partial charge in [-0.1, -0.05) is 50.2 Å². The number of carbonyl (C=O) groups is 1. The molecule has 1 fully saturated rings. The fraction of sp³-hybridized carbons (Fsp3) is 0.350. The summed E-state index contributed by atoms with van der Waals surface area (Å²) in [4.78, 5) is 12.1. The molecule has 1 amide bonds. The van der Waals surface area contributed by atoms with Crippen LogP contribution in [-0.4, -0.2) is 11.4 Å². The second-order valence-electron chi connectivity index (χ2n) is 7.26. The van der Waals surface area contributed by atoms with E-state index in [-0.39, 0.29) is 11.4 Å². The fourth-order valence-corrected chi connectivity index (χ4v) is 3.12. The molecule has 1 aliphatic heterocycles. The summed E-state index contributed by atoms with van der Waals surface area (Å²) >= 11 is 0. The lowest BCUT2D eigenvalue weighted by Gasteiger charge is -2.17. The minimum Gasteiger partial charge on any atom is -0.287 e. The first kappa shape index (κ1) is 15.8. The van der Waals surface area contributed by atoms with E-state index in [1.165, 1.54) is 16.3 Å². The third-order valence-corrected chi connectivity index (χ3v) is 4.33. The van der Waals surface area contributed by atoms with Crippen molar-refractivity contribution in [2.75, 3.05) is 0 Å². The lowest BCUT2D eigenvalue weighted by Crippen LogP contribution is -2.38. The summed E-state index contributed by atoms with van der Waals surface area (Å²) < 4.78 is 0. The van der Waals surface area contributed by atoms with Gasteiger partial charge in [-0.3, -0.25) is 10.2 Å². The molecular weight excluding hydrogens is 284 g/mol. The summed E-state index contributed by atoms with van der Waals surface area (Å²) in [5.41, 5.74) is 8.57. The highest BCUT2D eigenvalue weighted by atomic mass is 16.2. The van der Waals surface area contributed by atoms with Crippen molar-refractivity contribution >= 4 is 22.8 Å². The van der Waals surface area contributed by atoms with E-state index >= 15 is 0 Å². The number of hydrogen-bond donors (Lipinski definition) is 2. The van der Waals surface area contributed by atoms with Crippen molar-refractivity contribution in [3.05, 3.63) is 53.1 Å². The van der Waals surface area contributed by atoms with E-state index in [1.807, 2.05) is 19.9 Å². The van der Waals surface area contributed by atoms with Crippen LogP contribution < -0.4 is 10.9 Å². The predicted octanol–water partition coefficient (Wildman–Crippen LogP) is 3.83. The van der Waals surface area contributed by atoms with Gasteiger partial charge < -0.3 is 0 Å². The van der Waals surface area contributed by atoms with E-state index in [0.29, 0.717) is 5.92 Å². The monoisotopic (exact) mass is 308 g/mol. The Balaban J connectivity index is 2.07. The zero-order valence-electron chi connectivity index (χ0n) is 14.2. The molecule has 2 aromatic rings. The smallest absolute Gasteiger partial charge is 0.263 e. The molecule has 3 rings (SSSR count). The molecule has 0 bridgehead atoms. The summed E-state index contributed by atoms with van der Waals surface area (Å²) in [5.74, 6) is 0.593. The molecule has 1 heterocycles. The highest BCUT2D eigenvalue weighted by Gasteiger charge is 2.34. The maximum atomic E-state index is 12.1. The van der Waals surface area contributed by atoms with Crippen molar-refractivity contribution < 1.29 is 4.79 Å². The highest BCUT2D eigenvalue weighted by Crippen LogP contribution is 2.27. The van der Waals surface area contributed by atoms with E-state index in [4.69, 9.17) is 0 Å². The van der Waals surface area contributed by atoms with Crippen LogP contribution in [0.25, 0.3) is 16.8 Å². The second-order valence-corrected chi connectivity index (χ2v) is 7.26. The van der Waals surface area contributed by atoms with Gasteiger partial charge >= 0.3 is 0 Å². The van der Waals surface area contributed by atoms with Gasteiger partial charge in [-0.05, 0) is 54.2 Å². The first-order valence-electron chi connectivity index (χ1n) is 8.18. The van der Waals surface area contributed by atoms with Crippen molar-refractivity contribution in [3.8, 4) is 0 Å². The Kier molecular flexibility index (Phi) is 3.99. The van der Waals surface area contributed by atoms with Crippen LogP contribution in [0.15, 0.2) is 42.0 Å². The van der Waals surface area contributed by atoms with E-state index < -0.39 is 0 Å². The van der Waals surface area contributed by atoms with E-state index in [2.05, 4.69) is 61.1 Å². The Labute approximate surface area is 137 Å². The minimum atomic E-state index is -0.364. The van der Waals surface area contributed by atoms with Gasteiger partial charge in [0.25, 0.3) is 5.91 Å². The lowest BCUT2D eigenvalue weighted by atomic mass is 9.92. The highest BCUT2D eigenvalue weighted by molar-refractivity contribution is 6.04. The van der Waals surface area contributed by atoms with Crippen molar-refractivity contribution in [3.63, 3.8) is 0 Å². The number of hydrazine groups is 1. The van der Waals surface area contributed by atoms with Gasteiger partial charge in [-0.2, -0.15) is 0 Å². The van der Waals surface area contributed by atoms with E-state index in [1.54, 1.807) is 0 Å². The molecule has 3 heteroatoms.